The van der Waals surface area contributed by atoms with E-state index >= 15 is 0 Å². The largest absolute Gasteiger partial charge is 0.493 e. The Hall–Kier alpha value is -2.65. The van der Waals surface area contributed by atoms with Crippen molar-refractivity contribution in [2.75, 3.05) is 45.9 Å². The third-order valence-electron chi connectivity index (χ3n) is 7.97. The predicted octanol–water partition coefficient (Wildman–Crippen LogP) is 3.32. The van der Waals surface area contributed by atoms with Crippen LogP contribution < -0.4 is 4.74 Å². The molecule has 9 heteroatoms. The topological polar surface area (TPSA) is 99.6 Å². The summed E-state index contributed by atoms with van der Waals surface area (Å²) in [7, 11) is 0. The smallest absolute Gasteiger partial charge is 0.308 e. The zero-order valence-electron chi connectivity index (χ0n) is 23.3. The summed E-state index contributed by atoms with van der Waals surface area (Å²) >= 11 is 0. The molecule has 9 nitrogen and oxygen atoms in total. The number of carbonyl (C=O) groups excluding carboxylic acids is 2. The Morgan fingerprint density at radius 2 is 2.03 bits per heavy atom. The quantitative estimate of drug-likeness (QED) is 0.415. The number of hydrogen-bond acceptors (Lipinski definition) is 6. The second kappa shape index (κ2) is 12.0. The second-order valence-corrected chi connectivity index (χ2v) is 11.7. The van der Waals surface area contributed by atoms with Gasteiger partial charge < -0.3 is 14.7 Å². The van der Waals surface area contributed by atoms with Crippen LogP contribution in [0, 0.1) is 11.3 Å². The maximum Gasteiger partial charge on any atom is 0.308 e. The van der Waals surface area contributed by atoms with Crippen LogP contribution in [0.15, 0.2) is 18.2 Å². The first-order valence-electron chi connectivity index (χ1n) is 14.1. The number of hydroxylamine groups is 2. The molecule has 3 heterocycles. The van der Waals surface area contributed by atoms with Crippen LogP contribution in [0.3, 0.4) is 0 Å². The molecule has 1 aromatic rings. The summed E-state index contributed by atoms with van der Waals surface area (Å²) in [6.45, 7) is 11.4. The first kappa shape index (κ1) is 28.4. The molecular formula is C29H43N3O6. The van der Waals surface area contributed by atoms with Crippen molar-refractivity contribution in [1.82, 2.24) is 14.9 Å². The van der Waals surface area contributed by atoms with Gasteiger partial charge in [0.15, 0.2) is 0 Å². The number of likely N-dealkylation sites (tertiary alicyclic amines) is 2. The van der Waals surface area contributed by atoms with Crippen molar-refractivity contribution in [2.24, 2.45) is 11.3 Å². The number of hydrogen-bond donors (Lipinski definition) is 1. The molecule has 1 aromatic carbocycles. The van der Waals surface area contributed by atoms with E-state index in [0.717, 1.165) is 36.1 Å². The minimum Gasteiger partial charge on any atom is -0.493 e. The van der Waals surface area contributed by atoms with E-state index in [-0.39, 0.29) is 35.7 Å². The summed E-state index contributed by atoms with van der Waals surface area (Å²) in [6, 6.07) is 5.60. The number of benzene rings is 1. The Balaban J connectivity index is 1.58. The molecule has 0 radical (unpaired) electrons. The minimum atomic E-state index is -0.868. The Morgan fingerprint density at radius 3 is 2.68 bits per heavy atom. The van der Waals surface area contributed by atoms with Gasteiger partial charge in [0.25, 0.3) is 5.91 Å². The van der Waals surface area contributed by atoms with Crippen LogP contribution in [0.2, 0.25) is 0 Å². The lowest BCUT2D eigenvalue weighted by Crippen LogP contribution is -2.45. The average molecular weight is 530 g/mol. The first-order valence-corrected chi connectivity index (χ1v) is 14.1. The third-order valence-corrected chi connectivity index (χ3v) is 7.97. The van der Waals surface area contributed by atoms with E-state index in [2.05, 4.69) is 19.9 Å². The number of carboxylic acids is 1. The van der Waals surface area contributed by atoms with Gasteiger partial charge in [0, 0.05) is 51.0 Å². The van der Waals surface area contributed by atoms with Crippen molar-refractivity contribution >= 4 is 17.8 Å². The van der Waals surface area contributed by atoms with E-state index in [1.165, 1.54) is 5.06 Å². The zero-order valence-corrected chi connectivity index (χ0v) is 23.3. The van der Waals surface area contributed by atoms with Gasteiger partial charge in [-0.25, -0.2) is 5.06 Å². The van der Waals surface area contributed by atoms with Crippen LogP contribution in [0.5, 0.6) is 5.75 Å². The summed E-state index contributed by atoms with van der Waals surface area (Å²) in [5, 5.41) is 11.9. The lowest BCUT2D eigenvalue weighted by atomic mass is 9.83. The summed E-state index contributed by atoms with van der Waals surface area (Å²) in [5.74, 6) is -1.01. The molecule has 3 aliphatic heterocycles. The molecule has 0 saturated carbocycles. The Kier molecular flexibility index (Phi) is 8.98. The zero-order chi connectivity index (χ0) is 27.4. The SMILES string of the molecule is CCCON(CCC)C(=O)CN1C[C@H](c2ccc3c(c2)CCO3)C(C(=O)O)[C@@H]1CCN1CC(C)(C)CC1=O. The maximum atomic E-state index is 13.3. The monoisotopic (exact) mass is 529 g/mol. The molecule has 4 rings (SSSR count). The lowest BCUT2D eigenvalue weighted by molar-refractivity contribution is -0.188. The molecule has 2 saturated heterocycles. The molecule has 1 unspecified atom stereocenters. The molecule has 3 atom stereocenters. The van der Waals surface area contributed by atoms with Gasteiger partial charge in [-0.3, -0.25) is 24.1 Å². The third kappa shape index (κ3) is 6.31. The fourth-order valence-electron chi connectivity index (χ4n) is 6.22. The van der Waals surface area contributed by atoms with Crippen molar-refractivity contribution in [2.45, 2.75) is 71.8 Å². The number of rotatable bonds is 12. The van der Waals surface area contributed by atoms with E-state index in [4.69, 9.17) is 9.57 Å². The van der Waals surface area contributed by atoms with Gasteiger partial charge in [0.05, 0.1) is 25.7 Å². The van der Waals surface area contributed by atoms with E-state index < -0.39 is 11.9 Å². The molecule has 2 amide bonds. The number of carboxylic acid groups (broad SMARTS) is 1. The van der Waals surface area contributed by atoms with Crippen LogP contribution in [0.1, 0.15) is 70.4 Å². The molecule has 1 N–H and O–H groups in total. The summed E-state index contributed by atoms with van der Waals surface area (Å²) in [6.07, 6.45) is 3.38. The van der Waals surface area contributed by atoms with Gasteiger partial charge >= 0.3 is 5.97 Å². The number of amides is 2. The molecule has 38 heavy (non-hydrogen) atoms. The van der Waals surface area contributed by atoms with Crippen LogP contribution in [-0.2, 0) is 25.6 Å². The Labute approximate surface area is 226 Å². The van der Waals surface area contributed by atoms with Crippen molar-refractivity contribution in [1.29, 1.82) is 0 Å². The van der Waals surface area contributed by atoms with E-state index in [1.54, 1.807) is 0 Å². The Bertz CT molecular complexity index is 1030. The minimum absolute atomic E-state index is 0.0824. The van der Waals surface area contributed by atoms with Crippen LogP contribution >= 0.6 is 0 Å². The lowest BCUT2D eigenvalue weighted by Gasteiger charge is -2.30. The number of carbonyl (C=O) groups is 3. The molecule has 210 valence electrons. The van der Waals surface area contributed by atoms with Gasteiger partial charge in [-0.15, -0.1) is 0 Å². The van der Waals surface area contributed by atoms with Crippen molar-refractivity contribution < 1.29 is 29.1 Å². The molecule has 0 aromatic heterocycles. The predicted molar refractivity (Wildman–Crippen MR) is 143 cm³/mol. The van der Waals surface area contributed by atoms with Crippen LogP contribution in [0.4, 0.5) is 0 Å². The van der Waals surface area contributed by atoms with Crippen molar-refractivity contribution in [3.8, 4) is 5.75 Å². The van der Waals surface area contributed by atoms with Gasteiger partial charge in [0.1, 0.15) is 5.75 Å². The van der Waals surface area contributed by atoms with Crippen molar-refractivity contribution in [3.63, 3.8) is 0 Å². The molecule has 0 aliphatic carbocycles. The van der Waals surface area contributed by atoms with E-state index in [1.807, 2.05) is 35.8 Å². The highest BCUT2D eigenvalue weighted by Gasteiger charge is 2.48. The number of aliphatic carboxylic acids is 1. The van der Waals surface area contributed by atoms with E-state index in [0.29, 0.717) is 52.2 Å². The standard InChI is InChI=1S/C29H43N3O6/c1-5-11-32(38-13-6-2)26(34)18-31-17-22(20-7-8-24-21(15-20)10-14-37-24)27(28(35)36)23(31)9-12-30-19-29(3,4)16-25(30)33/h7-8,15,22-23,27H,5-6,9-14,16-19H2,1-4H3,(H,35,36)/t22-,23+,27?/m1/s1. The molecule has 0 bridgehead atoms. The fourth-order valence-corrected chi connectivity index (χ4v) is 6.22. The molecule has 0 spiro atoms. The summed E-state index contributed by atoms with van der Waals surface area (Å²) in [4.78, 5) is 48.3. The highest BCUT2D eigenvalue weighted by atomic mass is 16.7. The highest BCUT2D eigenvalue weighted by Crippen LogP contribution is 2.41. The van der Waals surface area contributed by atoms with Gasteiger partial charge in [-0.05, 0) is 41.9 Å². The van der Waals surface area contributed by atoms with E-state index in [9.17, 15) is 19.5 Å². The van der Waals surface area contributed by atoms with Gasteiger partial charge in [-0.2, -0.15) is 0 Å². The van der Waals surface area contributed by atoms with Crippen LogP contribution in [-0.4, -0.2) is 89.7 Å². The Morgan fingerprint density at radius 1 is 1.24 bits per heavy atom. The number of fused-ring (bicyclic) bond motifs is 1. The maximum absolute atomic E-state index is 13.3. The average Bonchev–Trinajstić information content (AvgIpc) is 3.54. The fraction of sp³-hybridized carbons (Fsp3) is 0.690. The highest BCUT2D eigenvalue weighted by molar-refractivity contribution is 5.79. The number of ether oxygens (including phenoxy) is 1. The molecule has 3 aliphatic rings. The van der Waals surface area contributed by atoms with Gasteiger partial charge in [0.2, 0.25) is 5.91 Å². The van der Waals surface area contributed by atoms with Gasteiger partial charge in [-0.1, -0.05) is 39.8 Å². The molecule has 2 fully saturated rings. The summed E-state index contributed by atoms with van der Waals surface area (Å²) in [5.41, 5.74) is 1.98. The second-order valence-electron chi connectivity index (χ2n) is 11.7. The van der Waals surface area contributed by atoms with Crippen molar-refractivity contribution in [3.05, 3.63) is 29.3 Å². The van der Waals surface area contributed by atoms with Crippen LogP contribution in [0.25, 0.3) is 0 Å². The molecular weight excluding hydrogens is 486 g/mol. The normalized spacial score (nSPS) is 24.5. The first-order chi connectivity index (χ1) is 18.1. The summed E-state index contributed by atoms with van der Waals surface area (Å²) < 4.78 is 5.66. The number of nitrogens with zero attached hydrogens (tertiary/aromatic N) is 3.